The van der Waals surface area contributed by atoms with Gasteiger partial charge in [-0.15, -0.1) is 0 Å². The first-order valence-corrected chi connectivity index (χ1v) is 4.13. The third-order valence-corrected chi connectivity index (χ3v) is 1.78. The second-order valence-electron chi connectivity index (χ2n) is 2.86. The van der Waals surface area contributed by atoms with E-state index in [4.69, 9.17) is 10.2 Å². The molecule has 3 nitrogen and oxygen atoms in total. The molecule has 0 aliphatic heterocycles. The van der Waals surface area contributed by atoms with Gasteiger partial charge in [0, 0.05) is 6.61 Å². The van der Waals surface area contributed by atoms with Gasteiger partial charge in [-0.3, -0.25) is 4.79 Å². The van der Waals surface area contributed by atoms with Gasteiger partial charge in [0.2, 0.25) is 0 Å². The lowest BCUT2D eigenvalue weighted by molar-refractivity contribution is -0.136. The van der Waals surface area contributed by atoms with Crippen molar-refractivity contribution < 1.29 is 15.0 Å². The number of rotatable bonds is 4. The number of aliphatic hydroxyl groups is 1. The van der Waals surface area contributed by atoms with Crippen molar-refractivity contribution in [1.82, 2.24) is 0 Å². The lowest BCUT2D eigenvalue weighted by Crippen LogP contribution is -2.00. The fourth-order valence-electron chi connectivity index (χ4n) is 1.13. The van der Waals surface area contributed by atoms with Gasteiger partial charge in [0.15, 0.2) is 0 Å². The van der Waals surface area contributed by atoms with Crippen LogP contribution in [0.2, 0.25) is 0 Å². The minimum absolute atomic E-state index is 0.0550. The summed E-state index contributed by atoms with van der Waals surface area (Å²) >= 11 is 0. The fourth-order valence-corrected chi connectivity index (χ4v) is 1.13. The van der Waals surface area contributed by atoms with Gasteiger partial charge < -0.3 is 10.2 Å². The van der Waals surface area contributed by atoms with E-state index in [0.717, 1.165) is 11.1 Å². The topological polar surface area (TPSA) is 57.5 Å². The quantitative estimate of drug-likeness (QED) is 0.722. The first-order valence-electron chi connectivity index (χ1n) is 4.13. The van der Waals surface area contributed by atoms with Crippen LogP contribution in [0.3, 0.4) is 0 Å². The molecule has 1 rings (SSSR count). The maximum Gasteiger partial charge on any atom is 0.307 e. The van der Waals surface area contributed by atoms with Crippen LogP contribution in [0.25, 0.3) is 0 Å². The number of hydrogen-bond donors (Lipinski definition) is 2. The van der Waals surface area contributed by atoms with Crippen molar-refractivity contribution in [2.75, 3.05) is 6.61 Å². The van der Waals surface area contributed by atoms with Crippen molar-refractivity contribution in [1.29, 1.82) is 0 Å². The Bertz CT molecular complexity index is 277. The lowest BCUT2D eigenvalue weighted by Gasteiger charge is -1.99. The molecule has 0 aliphatic carbocycles. The van der Waals surface area contributed by atoms with E-state index < -0.39 is 5.97 Å². The summed E-state index contributed by atoms with van der Waals surface area (Å²) in [5, 5.41) is 17.1. The number of aliphatic hydroxyl groups excluding tert-OH is 1. The second kappa shape index (κ2) is 4.62. The normalized spacial score (nSPS) is 9.92. The predicted molar refractivity (Wildman–Crippen MR) is 48.6 cm³/mol. The molecule has 0 spiro atoms. The predicted octanol–water partition coefficient (Wildman–Crippen LogP) is 0.849. The molecular weight excluding hydrogens is 168 g/mol. The van der Waals surface area contributed by atoms with Gasteiger partial charge in [0.25, 0.3) is 0 Å². The van der Waals surface area contributed by atoms with Gasteiger partial charge in [0.1, 0.15) is 0 Å². The molecule has 1 aromatic rings. The van der Waals surface area contributed by atoms with Gasteiger partial charge in [-0.25, -0.2) is 0 Å². The van der Waals surface area contributed by atoms with Gasteiger partial charge in [-0.2, -0.15) is 0 Å². The number of carboxylic acids is 1. The molecule has 0 aromatic heterocycles. The molecule has 3 heteroatoms. The molecule has 0 aliphatic rings. The van der Waals surface area contributed by atoms with Crippen LogP contribution in [0.15, 0.2) is 24.3 Å². The number of carboxylic acid groups (broad SMARTS) is 1. The van der Waals surface area contributed by atoms with Crippen LogP contribution in [-0.2, 0) is 17.6 Å². The molecule has 1 aromatic carbocycles. The third-order valence-electron chi connectivity index (χ3n) is 1.78. The van der Waals surface area contributed by atoms with Crippen LogP contribution in [0, 0.1) is 0 Å². The molecule has 0 radical (unpaired) electrons. The molecule has 0 unspecified atom stereocenters. The summed E-state index contributed by atoms with van der Waals surface area (Å²) in [7, 11) is 0. The maximum absolute atomic E-state index is 10.3. The average Bonchev–Trinajstić information content (AvgIpc) is 2.08. The minimum atomic E-state index is -0.824. The van der Waals surface area contributed by atoms with Crippen LogP contribution in [0.5, 0.6) is 0 Å². The molecule has 13 heavy (non-hydrogen) atoms. The highest BCUT2D eigenvalue weighted by atomic mass is 16.4. The Kier molecular flexibility index (Phi) is 3.46. The zero-order valence-electron chi connectivity index (χ0n) is 7.23. The molecule has 2 N–H and O–H groups in total. The van der Waals surface area contributed by atoms with Crippen molar-refractivity contribution in [2.45, 2.75) is 12.8 Å². The molecular formula is C10H12O3. The molecule has 70 valence electrons. The van der Waals surface area contributed by atoms with Crippen LogP contribution in [-0.4, -0.2) is 22.8 Å². The second-order valence-corrected chi connectivity index (χ2v) is 2.86. The minimum Gasteiger partial charge on any atom is -0.481 e. The average molecular weight is 180 g/mol. The Balaban J connectivity index is 2.64. The van der Waals surface area contributed by atoms with Crippen molar-refractivity contribution in [2.24, 2.45) is 0 Å². The van der Waals surface area contributed by atoms with E-state index in [2.05, 4.69) is 0 Å². The van der Waals surface area contributed by atoms with Crippen molar-refractivity contribution in [3.05, 3.63) is 35.4 Å². The summed E-state index contributed by atoms with van der Waals surface area (Å²) in [6.45, 7) is 0.123. The molecule has 0 atom stereocenters. The summed E-state index contributed by atoms with van der Waals surface area (Å²) in [5.41, 5.74) is 1.81. The molecule has 0 heterocycles. The molecule has 0 bridgehead atoms. The van der Waals surface area contributed by atoms with E-state index in [0.29, 0.717) is 6.42 Å². The molecule has 0 saturated carbocycles. The van der Waals surface area contributed by atoms with E-state index in [1.165, 1.54) is 0 Å². The number of aliphatic carboxylic acids is 1. The highest BCUT2D eigenvalue weighted by Crippen LogP contribution is 2.05. The van der Waals surface area contributed by atoms with Crippen LogP contribution in [0.4, 0.5) is 0 Å². The lowest BCUT2D eigenvalue weighted by atomic mass is 10.1. The van der Waals surface area contributed by atoms with E-state index in [-0.39, 0.29) is 13.0 Å². The van der Waals surface area contributed by atoms with Crippen molar-refractivity contribution >= 4 is 5.97 Å². The summed E-state index contributed by atoms with van der Waals surface area (Å²) in [6, 6.07) is 7.24. The van der Waals surface area contributed by atoms with Gasteiger partial charge in [-0.05, 0) is 17.5 Å². The standard InChI is InChI=1S/C10H12O3/c11-6-5-8-1-3-9(4-2-8)7-10(12)13/h1-4,11H,5-7H2,(H,12,13). The Morgan fingerprint density at radius 2 is 1.69 bits per heavy atom. The zero-order chi connectivity index (χ0) is 9.68. The molecule has 0 amide bonds. The van der Waals surface area contributed by atoms with Crippen molar-refractivity contribution in [3.63, 3.8) is 0 Å². The summed E-state index contributed by atoms with van der Waals surface area (Å²) in [4.78, 5) is 10.3. The van der Waals surface area contributed by atoms with Crippen LogP contribution >= 0.6 is 0 Å². The Morgan fingerprint density at radius 3 is 2.15 bits per heavy atom. The zero-order valence-corrected chi connectivity index (χ0v) is 7.23. The summed E-state index contributed by atoms with van der Waals surface area (Å²) in [5.74, 6) is -0.824. The van der Waals surface area contributed by atoms with E-state index >= 15 is 0 Å². The van der Waals surface area contributed by atoms with Gasteiger partial charge in [-0.1, -0.05) is 24.3 Å². The van der Waals surface area contributed by atoms with Gasteiger partial charge in [0.05, 0.1) is 6.42 Å². The Morgan fingerprint density at radius 1 is 1.15 bits per heavy atom. The monoisotopic (exact) mass is 180 g/mol. The third kappa shape index (κ3) is 3.25. The number of benzene rings is 1. The first kappa shape index (κ1) is 9.74. The van der Waals surface area contributed by atoms with Gasteiger partial charge >= 0.3 is 5.97 Å². The van der Waals surface area contributed by atoms with Crippen LogP contribution in [0.1, 0.15) is 11.1 Å². The largest absolute Gasteiger partial charge is 0.481 e. The Labute approximate surface area is 76.6 Å². The fraction of sp³-hybridized carbons (Fsp3) is 0.300. The van der Waals surface area contributed by atoms with E-state index in [9.17, 15) is 4.79 Å². The Hall–Kier alpha value is -1.35. The van der Waals surface area contributed by atoms with Crippen LogP contribution < -0.4 is 0 Å². The SMILES string of the molecule is O=C(O)Cc1ccc(CCO)cc1. The first-order chi connectivity index (χ1) is 6.22. The smallest absolute Gasteiger partial charge is 0.307 e. The summed E-state index contributed by atoms with van der Waals surface area (Å²) in [6.07, 6.45) is 0.673. The molecule has 0 fully saturated rings. The maximum atomic E-state index is 10.3. The van der Waals surface area contributed by atoms with Crippen molar-refractivity contribution in [3.8, 4) is 0 Å². The summed E-state index contributed by atoms with van der Waals surface area (Å²) < 4.78 is 0. The number of carbonyl (C=O) groups is 1. The number of hydrogen-bond acceptors (Lipinski definition) is 2. The van der Waals surface area contributed by atoms with E-state index in [1.807, 2.05) is 12.1 Å². The highest BCUT2D eigenvalue weighted by Gasteiger charge is 1.99. The molecule has 0 saturated heterocycles. The van der Waals surface area contributed by atoms with E-state index in [1.54, 1.807) is 12.1 Å². The highest BCUT2D eigenvalue weighted by molar-refractivity contribution is 5.70.